The van der Waals surface area contributed by atoms with Crippen molar-refractivity contribution in [1.82, 2.24) is 14.7 Å². The lowest BCUT2D eigenvalue weighted by Crippen LogP contribution is -2.22. The molecule has 2 heterocycles. The van der Waals surface area contributed by atoms with Crippen LogP contribution in [0.3, 0.4) is 0 Å². The molecule has 0 aliphatic heterocycles. The minimum Gasteiger partial charge on any atom is -0.321 e. The number of anilines is 1. The first-order valence-corrected chi connectivity index (χ1v) is 7.94. The van der Waals surface area contributed by atoms with Crippen LogP contribution in [0.5, 0.6) is 0 Å². The third-order valence-corrected chi connectivity index (χ3v) is 3.18. The van der Waals surface area contributed by atoms with E-state index in [9.17, 15) is 13.2 Å². The molecule has 0 atom stereocenters. The zero-order chi connectivity index (χ0) is 15.3. The third kappa shape index (κ3) is 4.93. The Morgan fingerprint density at radius 1 is 1.29 bits per heavy atom. The average Bonchev–Trinajstić information content (AvgIpc) is 2.46. The summed E-state index contributed by atoms with van der Waals surface area (Å²) in [6.45, 7) is 0.0346. The van der Waals surface area contributed by atoms with Crippen LogP contribution in [0.1, 0.15) is 16.1 Å². The monoisotopic (exact) mass is 306 g/mol. The fourth-order valence-electron chi connectivity index (χ4n) is 1.56. The van der Waals surface area contributed by atoms with E-state index in [1.807, 2.05) is 0 Å². The highest BCUT2D eigenvalue weighted by Crippen LogP contribution is 2.08. The van der Waals surface area contributed by atoms with E-state index in [1.54, 1.807) is 24.4 Å². The standard InChI is InChI=1S/C13H14N4O3S/c1-21(19,20)16-9-12-7-10(4-6-15-12)13(18)17-11-3-2-5-14-8-11/h2-8,16H,9H2,1H3,(H,17,18). The molecular weight excluding hydrogens is 292 g/mol. The minimum atomic E-state index is -3.30. The van der Waals surface area contributed by atoms with Crippen molar-refractivity contribution in [1.29, 1.82) is 0 Å². The molecule has 110 valence electrons. The first-order chi connectivity index (χ1) is 9.94. The maximum Gasteiger partial charge on any atom is 0.255 e. The molecule has 2 aromatic rings. The van der Waals surface area contributed by atoms with Crippen molar-refractivity contribution in [3.8, 4) is 0 Å². The van der Waals surface area contributed by atoms with Gasteiger partial charge in [-0.05, 0) is 24.3 Å². The molecule has 0 aliphatic carbocycles. The van der Waals surface area contributed by atoms with Crippen molar-refractivity contribution in [3.05, 3.63) is 54.1 Å². The predicted octanol–water partition coefficient (Wildman–Crippen LogP) is 0.778. The molecule has 0 aromatic carbocycles. The number of nitrogens with zero attached hydrogens (tertiary/aromatic N) is 2. The third-order valence-electron chi connectivity index (χ3n) is 2.51. The normalized spacial score (nSPS) is 11.1. The van der Waals surface area contributed by atoms with Crippen molar-refractivity contribution < 1.29 is 13.2 Å². The summed E-state index contributed by atoms with van der Waals surface area (Å²) >= 11 is 0. The minimum absolute atomic E-state index is 0.0346. The highest BCUT2D eigenvalue weighted by molar-refractivity contribution is 7.88. The molecule has 0 aliphatic rings. The van der Waals surface area contributed by atoms with Gasteiger partial charge in [-0.1, -0.05) is 0 Å². The molecular formula is C13H14N4O3S. The summed E-state index contributed by atoms with van der Waals surface area (Å²) < 4.78 is 24.4. The molecule has 2 N–H and O–H groups in total. The van der Waals surface area contributed by atoms with Gasteiger partial charge in [-0.2, -0.15) is 0 Å². The number of carbonyl (C=O) groups is 1. The van der Waals surface area contributed by atoms with E-state index in [-0.39, 0.29) is 12.5 Å². The van der Waals surface area contributed by atoms with Crippen molar-refractivity contribution in [2.75, 3.05) is 11.6 Å². The number of hydrogen-bond donors (Lipinski definition) is 2. The Bertz CT molecular complexity index is 732. The molecule has 0 saturated carbocycles. The van der Waals surface area contributed by atoms with E-state index in [1.165, 1.54) is 18.5 Å². The Balaban J connectivity index is 2.08. The van der Waals surface area contributed by atoms with Gasteiger partial charge in [0.1, 0.15) is 0 Å². The topological polar surface area (TPSA) is 101 Å². The lowest BCUT2D eigenvalue weighted by atomic mass is 10.2. The number of hydrogen-bond acceptors (Lipinski definition) is 5. The Hall–Kier alpha value is -2.32. The van der Waals surface area contributed by atoms with Crippen LogP contribution < -0.4 is 10.0 Å². The number of carbonyl (C=O) groups excluding carboxylic acids is 1. The van der Waals surface area contributed by atoms with Gasteiger partial charge in [0.15, 0.2) is 0 Å². The van der Waals surface area contributed by atoms with Crippen LogP contribution in [0.25, 0.3) is 0 Å². The Morgan fingerprint density at radius 3 is 2.76 bits per heavy atom. The maximum atomic E-state index is 12.1. The van der Waals surface area contributed by atoms with Crippen molar-refractivity contribution in [2.24, 2.45) is 0 Å². The molecule has 7 nitrogen and oxygen atoms in total. The highest BCUT2D eigenvalue weighted by atomic mass is 32.2. The van der Waals surface area contributed by atoms with Gasteiger partial charge in [0.25, 0.3) is 5.91 Å². The second kappa shape index (κ2) is 6.42. The van der Waals surface area contributed by atoms with Gasteiger partial charge in [-0.3, -0.25) is 14.8 Å². The van der Waals surface area contributed by atoms with Crippen molar-refractivity contribution in [2.45, 2.75) is 6.54 Å². The fraction of sp³-hybridized carbons (Fsp3) is 0.154. The zero-order valence-corrected chi connectivity index (χ0v) is 12.1. The summed E-state index contributed by atoms with van der Waals surface area (Å²) in [5, 5.41) is 2.69. The Kier molecular flexibility index (Phi) is 4.61. The summed E-state index contributed by atoms with van der Waals surface area (Å²) in [5.74, 6) is -0.314. The summed E-state index contributed by atoms with van der Waals surface area (Å²) in [5.41, 5.74) is 1.42. The van der Waals surface area contributed by atoms with E-state index >= 15 is 0 Å². The van der Waals surface area contributed by atoms with Crippen molar-refractivity contribution in [3.63, 3.8) is 0 Å². The van der Waals surface area contributed by atoms with Crippen LogP contribution in [0.4, 0.5) is 5.69 Å². The van der Waals surface area contributed by atoms with Crippen LogP contribution in [-0.2, 0) is 16.6 Å². The summed E-state index contributed by atoms with van der Waals surface area (Å²) in [6.07, 6.45) is 5.66. The Labute approximate surface area is 122 Å². The largest absolute Gasteiger partial charge is 0.321 e. The number of aromatic nitrogens is 2. The van der Waals surface area contributed by atoms with Gasteiger partial charge in [-0.15, -0.1) is 0 Å². The molecule has 2 aromatic heterocycles. The first kappa shape index (κ1) is 15.1. The number of rotatable bonds is 5. The second-order valence-corrected chi connectivity index (χ2v) is 6.16. The zero-order valence-electron chi connectivity index (χ0n) is 11.3. The predicted molar refractivity (Wildman–Crippen MR) is 78.1 cm³/mol. The number of pyridine rings is 2. The van der Waals surface area contributed by atoms with Gasteiger partial charge in [0.05, 0.1) is 30.4 Å². The quantitative estimate of drug-likeness (QED) is 0.850. The molecule has 21 heavy (non-hydrogen) atoms. The number of sulfonamides is 1. The van der Waals surface area contributed by atoms with Gasteiger partial charge in [0, 0.05) is 18.0 Å². The van der Waals surface area contributed by atoms with E-state index in [4.69, 9.17) is 0 Å². The molecule has 0 saturated heterocycles. The SMILES string of the molecule is CS(=O)(=O)NCc1cc(C(=O)Nc2cccnc2)ccn1. The van der Waals surface area contributed by atoms with Gasteiger partial charge < -0.3 is 5.32 Å². The lowest BCUT2D eigenvalue weighted by Gasteiger charge is -2.06. The van der Waals surface area contributed by atoms with E-state index in [0.717, 1.165) is 6.26 Å². The van der Waals surface area contributed by atoms with Crippen LogP contribution in [0.2, 0.25) is 0 Å². The smallest absolute Gasteiger partial charge is 0.255 e. The number of amides is 1. The summed E-state index contributed by atoms with van der Waals surface area (Å²) in [7, 11) is -3.30. The molecule has 2 rings (SSSR count). The molecule has 0 fully saturated rings. The lowest BCUT2D eigenvalue weighted by molar-refractivity contribution is 0.102. The Morgan fingerprint density at radius 2 is 2.10 bits per heavy atom. The summed E-state index contributed by atoms with van der Waals surface area (Å²) in [6, 6.07) is 6.52. The molecule has 0 unspecified atom stereocenters. The van der Waals surface area contributed by atoms with Crippen LogP contribution in [0, 0.1) is 0 Å². The number of nitrogens with one attached hydrogen (secondary N) is 2. The molecule has 8 heteroatoms. The fourth-order valence-corrected chi connectivity index (χ4v) is 1.97. The van der Waals surface area contributed by atoms with E-state index in [2.05, 4.69) is 20.0 Å². The van der Waals surface area contributed by atoms with Gasteiger partial charge in [0.2, 0.25) is 10.0 Å². The highest BCUT2D eigenvalue weighted by Gasteiger charge is 2.08. The molecule has 1 amide bonds. The average molecular weight is 306 g/mol. The maximum absolute atomic E-state index is 12.1. The van der Waals surface area contributed by atoms with E-state index < -0.39 is 10.0 Å². The van der Waals surface area contributed by atoms with Crippen LogP contribution >= 0.6 is 0 Å². The van der Waals surface area contributed by atoms with Crippen LogP contribution in [-0.4, -0.2) is 30.5 Å². The van der Waals surface area contributed by atoms with Gasteiger partial charge in [-0.25, -0.2) is 13.1 Å². The molecule has 0 radical (unpaired) electrons. The van der Waals surface area contributed by atoms with Gasteiger partial charge >= 0.3 is 0 Å². The van der Waals surface area contributed by atoms with Crippen molar-refractivity contribution >= 4 is 21.6 Å². The first-order valence-electron chi connectivity index (χ1n) is 6.05. The van der Waals surface area contributed by atoms with E-state index in [0.29, 0.717) is 16.9 Å². The summed E-state index contributed by atoms with van der Waals surface area (Å²) in [4.78, 5) is 20.0. The second-order valence-electron chi connectivity index (χ2n) is 4.32. The molecule has 0 spiro atoms. The molecule has 0 bridgehead atoms. The van der Waals surface area contributed by atoms with Crippen LogP contribution in [0.15, 0.2) is 42.9 Å².